The van der Waals surface area contributed by atoms with Crippen LogP contribution in [-0.4, -0.2) is 22.0 Å². The third-order valence-electron chi connectivity index (χ3n) is 4.14. The molecule has 0 bridgehead atoms. The Morgan fingerprint density at radius 3 is 2.62 bits per heavy atom. The molecule has 2 N–H and O–H groups in total. The standard InChI is InChI=1S/C16H22N2O3/c1-12-5-4-6-13(18-12)11-17-14(19)9-16(10-15(20)21)7-2-3-8-16/h4-6H,2-3,7-11H2,1H3,(H,17,19)(H,20,21). The zero-order chi connectivity index (χ0) is 15.3. The van der Waals surface area contributed by atoms with Gasteiger partial charge in [-0.15, -0.1) is 0 Å². The van der Waals surface area contributed by atoms with E-state index in [1.807, 2.05) is 25.1 Å². The number of amides is 1. The molecule has 2 rings (SSSR count). The van der Waals surface area contributed by atoms with Crippen LogP contribution in [0.1, 0.15) is 49.9 Å². The topological polar surface area (TPSA) is 79.3 Å². The zero-order valence-electron chi connectivity index (χ0n) is 12.4. The van der Waals surface area contributed by atoms with E-state index in [1.165, 1.54) is 0 Å². The Labute approximate surface area is 124 Å². The molecule has 5 heteroatoms. The molecule has 0 aromatic carbocycles. The van der Waals surface area contributed by atoms with Gasteiger partial charge in [-0.1, -0.05) is 18.9 Å². The third-order valence-corrected chi connectivity index (χ3v) is 4.14. The number of pyridine rings is 1. The number of carbonyl (C=O) groups is 2. The van der Waals surface area contributed by atoms with E-state index in [9.17, 15) is 9.59 Å². The van der Waals surface area contributed by atoms with Gasteiger partial charge in [0.25, 0.3) is 0 Å². The van der Waals surface area contributed by atoms with E-state index in [4.69, 9.17) is 5.11 Å². The molecule has 1 aromatic rings. The van der Waals surface area contributed by atoms with E-state index < -0.39 is 5.97 Å². The number of nitrogens with one attached hydrogen (secondary N) is 1. The number of carbonyl (C=O) groups excluding carboxylic acids is 1. The van der Waals surface area contributed by atoms with Gasteiger partial charge in [0.2, 0.25) is 5.91 Å². The van der Waals surface area contributed by atoms with Crippen molar-refractivity contribution in [2.75, 3.05) is 0 Å². The summed E-state index contributed by atoms with van der Waals surface area (Å²) in [6.45, 7) is 2.30. The minimum absolute atomic E-state index is 0.0820. The molecule has 1 heterocycles. The minimum Gasteiger partial charge on any atom is -0.481 e. The second-order valence-electron chi connectivity index (χ2n) is 6.00. The molecule has 1 fully saturated rings. The highest BCUT2D eigenvalue weighted by Crippen LogP contribution is 2.43. The SMILES string of the molecule is Cc1cccc(CNC(=O)CC2(CC(=O)O)CCCC2)n1. The Balaban J connectivity index is 1.89. The summed E-state index contributed by atoms with van der Waals surface area (Å²) in [4.78, 5) is 27.5. The fourth-order valence-corrected chi connectivity index (χ4v) is 3.15. The number of carboxylic acid groups (broad SMARTS) is 1. The van der Waals surface area contributed by atoms with Gasteiger partial charge in [-0.3, -0.25) is 14.6 Å². The first-order valence-electron chi connectivity index (χ1n) is 7.40. The van der Waals surface area contributed by atoms with Crippen LogP contribution >= 0.6 is 0 Å². The molecule has 1 amide bonds. The fourth-order valence-electron chi connectivity index (χ4n) is 3.15. The van der Waals surface area contributed by atoms with Gasteiger partial charge in [0, 0.05) is 12.1 Å². The number of hydrogen-bond donors (Lipinski definition) is 2. The number of aromatic nitrogens is 1. The highest BCUT2D eigenvalue weighted by atomic mass is 16.4. The molecule has 21 heavy (non-hydrogen) atoms. The van der Waals surface area contributed by atoms with Crippen molar-refractivity contribution in [2.24, 2.45) is 5.41 Å². The van der Waals surface area contributed by atoms with Crippen molar-refractivity contribution in [3.05, 3.63) is 29.6 Å². The molecule has 1 aromatic heterocycles. The summed E-state index contributed by atoms with van der Waals surface area (Å²) in [6, 6.07) is 5.69. The van der Waals surface area contributed by atoms with E-state index in [0.717, 1.165) is 37.1 Å². The average Bonchev–Trinajstić information content (AvgIpc) is 2.83. The summed E-state index contributed by atoms with van der Waals surface area (Å²) in [7, 11) is 0. The quantitative estimate of drug-likeness (QED) is 0.843. The molecule has 1 aliphatic rings. The van der Waals surface area contributed by atoms with Crippen molar-refractivity contribution < 1.29 is 14.7 Å². The maximum atomic E-state index is 12.1. The molecule has 0 saturated heterocycles. The molecule has 0 atom stereocenters. The maximum Gasteiger partial charge on any atom is 0.303 e. The van der Waals surface area contributed by atoms with E-state index in [-0.39, 0.29) is 17.7 Å². The maximum absolute atomic E-state index is 12.1. The third kappa shape index (κ3) is 4.55. The minimum atomic E-state index is -0.815. The summed E-state index contributed by atoms with van der Waals surface area (Å²) in [5, 5.41) is 11.9. The molecule has 114 valence electrons. The summed E-state index contributed by atoms with van der Waals surface area (Å²) in [6.07, 6.45) is 4.07. The molecule has 1 saturated carbocycles. The lowest BCUT2D eigenvalue weighted by Crippen LogP contribution is -2.32. The van der Waals surface area contributed by atoms with Gasteiger partial charge in [-0.2, -0.15) is 0 Å². The van der Waals surface area contributed by atoms with Crippen molar-refractivity contribution in [2.45, 2.75) is 52.0 Å². The summed E-state index contributed by atoms with van der Waals surface area (Å²) in [5.41, 5.74) is 1.39. The van der Waals surface area contributed by atoms with Crippen LogP contribution in [-0.2, 0) is 16.1 Å². The van der Waals surface area contributed by atoms with Gasteiger partial charge in [0.05, 0.1) is 18.7 Å². The van der Waals surface area contributed by atoms with Crippen molar-refractivity contribution in [1.82, 2.24) is 10.3 Å². The first-order chi connectivity index (χ1) is 9.99. The second kappa shape index (κ2) is 6.70. The normalized spacial score (nSPS) is 16.6. The summed E-state index contributed by atoms with van der Waals surface area (Å²) < 4.78 is 0. The monoisotopic (exact) mass is 290 g/mol. The van der Waals surface area contributed by atoms with Gasteiger partial charge < -0.3 is 10.4 Å². The Bertz CT molecular complexity index is 522. The molecule has 0 unspecified atom stereocenters. The Hall–Kier alpha value is -1.91. The smallest absolute Gasteiger partial charge is 0.303 e. The van der Waals surface area contributed by atoms with Gasteiger partial charge in [0.1, 0.15) is 0 Å². The van der Waals surface area contributed by atoms with Crippen LogP contribution in [0.25, 0.3) is 0 Å². The first-order valence-corrected chi connectivity index (χ1v) is 7.40. The second-order valence-corrected chi connectivity index (χ2v) is 6.00. The van der Waals surface area contributed by atoms with Crippen molar-refractivity contribution in [3.8, 4) is 0 Å². The van der Waals surface area contributed by atoms with Gasteiger partial charge in [-0.25, -0.2) is 0 Å². The molecule has 1 aliphatic carbocycles. The highest BCUT2D eigenvalue weighted by Gasteiger charge is 2.37. The lowest BCUT2D eigenvalue weighted by atomic mass is 9.79. The molecular weight excluding hydrogens is 268 g/mol. The first kappa shape index (κ1) is 15.5. The predicted molar refractivity (Wildman–Crippen MR) is 78.6 cm³/mol. The average molecular weight is 290 g/mol. The van der Waals surface area contributed by atoms with Crippen molar-refractivity contribution >= 4 is 11.9 Å². The molecule has 0 spiro atoms. The van der Waals surface area contributed by atoms with Crippen LogP contribution in [0, 0.1) is 12.3 Å². The Morgan fingerprint density at radius 2 is 2.00 bits per heavy atom. The largest absolute Gasteiger partial charge is 0.481 e. The highest BCUT2D eigenvalue weighted by molar-refractivity contribution is 5.78. The van der Waals surface area contributed by atoms with Crippen LogP contribution in [0.3, 0.4) is 0 Å². The van der Waals surface area contributed by atoms with E-state index in [2.05, 4.69) is 10.3 Å². The van der Waals surface area contributed by atoms with Crippen molar-refractivity contribution in [3.63, 3.8) is 0 Å². The van der Waals surface area contributed by atoms with Gasteiger partial charge in [0.15, 0.2) is 0 Å². The van der Waals surface area contributed by atoms with Crippen molar-refractivity contribution in [1.29, 1.82) is 0 Å². The number of rotatable bonds is 6. The van der Waals surface area contributed by atoms with E-state index in [1.54, 1.807) is 0 Å². The molecular formula is C16H22N2O3. The van der Waals surface area contributed by atoms with Gasteiger partial charge in [-0.05, 0) is 37.3 Å². The number of hydrogen-bond acceptors (Lipinski definition) is 3. The van der Waals surface area contributed by atoms with Gasteiger partial charge >= 0.3 is 5.97 Å². The Morgan fingerprint density at radius 1 is 1.29 bits per heavy atom. The number of aliphatic carboxylic acids is 1. The zero-order valence-corrected chi connectivity index (χ0v) is 12.4. The predicted octanol–water partition coefficient (Wildman–Crippen LogP) is 2.43. The molecule has 0 aliphatic heterocycles. The number of nitrogens with zero attached hydrogens (tertiary/aromatic N) is 1. The van der Waals surface area contributed by atoms with Crippen LogP contribution in [0.2, 0.25) is 0 Å². The number of carboxylic acids is 1. The van der Waals surface area contributed by atoms with E-state index in [0.29, 0.717) is 13.0 Å². The van der Waals surface area contributed by atoms with Crippen LogP contribution < -0.4 is 5.32 Å². The Kier molecular flexibility index (Phi) is 4.94. The lowest BCUT2D eigenvalue weighted by Gasteiger charge is -2.26. The lowest BCUT2D eigenvalue weighted by molar-refractivity contribution is -0.140. The van der Waals surface area contributed by atoms with E-state index >= 15 is 0 Å². The fraction of sp³-hybridized carbons (Fsp3) is 0.562. The summed E-state index contributed by atoms with van der Waals surface area (Å²) >= 11 is 0. The molecule has 0 radical (unpaired) electrons. The molecule has 5 nitrogen and oxygen atoms in total. The number of aryl methyl sites for hydroxylation is 1. The van der Waals surface area contributed by atoms with Crippen LogP contribution in [0.4, 0.5) is 0 Å². The van der Waals surface area contributed by atoms with Crippen LogP contribution in [0.5, 0.6) is 0 Å². The van der Waals surface area contributed by atoms with Crippen LogP contribution in [0.15, 0.2) is 18.2 Å². The summed E-state index contributed by atoms with van der Waals surface area (Å²) in [5.74, 6) is -0.897.